The second kappa shape index (κ2) is 3.48. The van der Waals surface area contributed by atoms with Crippen LogP contribution in [0.3, 0.4) is 0 Å². The van der Waals surface area contributed by atoms with Gasteiger partial charge in [0.1, 0.15) is 0 Å². The molecule has 0 radical (unpaired) electrons. The molecule has 3 fully saturated rings. The van der Waals surface area contributed by atoms with Crippen LogP contribution in [0.5, 0.6) is 0 Å². The summed E-state index contributed by atoms with van der Waals surface area (Å²) in [5.41, 5.74) is 0. The van der Waals surface area contributed by atoms with Crippen LogP contribution in [0.1, 0.15) is 18.7 Å². The molecule has 3 aliphatic rings. The minimum absolute atomic E-state index is 0.601. The number of rotatable bonds is 1. The third kappa shape index (κ3) is 1.61. The van der Waals surface area contributed by atoms with Crippen molar-refractivity contribution in [2.75, 3.05) is 31.1 Å². The average molecular weight is 208 g/mol. The second-order valence-corrected chi connectivity index (χ2v) is 4.37. The molecule has 5 nitrogen and oxygen atoms in total. The Labute approximate surface area is 89.1 Å². The van der Waals surface area contributed by atoms with Gasteiger partial charge in [-0.2, -0.15) is 0 Å². The molecular weight excluding hydrogens is 192 g/mol. The first-order valence-electron chi connectivity index (χ1n) is 5.62. The van der Waals surface area contributed by atoms with Gasteiger partial charge in [0.25, 0.3) is 0 Å². The van der Waals surface area contributed by atoms with Crippen molar-refractivity contribution < 1.29 is 4.42 Å². The molecule has 82 valence electrons. The maximum absolute atomic E-state index is 5.51. The molecule has 4 rings (SSSR count). The van der Waals surface area contributed by atoms with Crippen molar-refractivity contribution >= 4 is 6.01 Å². The Morgan fingerprint density at radius 2 is 1.93 bits per heavy atom. The maximum atomic E-state index is 5.51. The van der Waals surface area contributed by atoms with Crippen LogP contribution >= 0.6 is 0 Å². The van der Waals surface area contributed by atoms with Gasteiger partial charge in [0.2, 0.25) is 5.89 Å². The number of fused-ring (bicyclic) bond motifs is 4. The number of anilines is 1. The van der Waals surface area contributed by atoms with E-state index in [1.807, 2.05) is 6.92 Å². The summed E-state index contributed by atoms with van der Waals surface area (Å²) in [5.74, 6) is 0.657. The van der Waals surface area contributed by atoms with Crippen molar-refractivity contribution in [3.63, 3.8) is 0 Å². The number of hydrogen-bond donors (Lipinski definition) is 0. The van der Waals surface area contributed by atoms with E-state index in [0.29, 0.717) is 17.9 Å². The molecule has 1 aromatic rings. The van der Waals surface area contributed by atoms with E-state index in [4.69, 9.17) is 4.42 Å². The van der Waals surface area contributed by atoms with E-state index in [9.17, 15) is 0 Å². The van der Waals surface area contributed by atoms with Crippen LogP contribution in [0.4, 0.5) is 6.01 Å². The topological polar surface area (TPSA) is 45.4 Å². The van der Waals surface area contributed by atoms with Gasteiger partial charge >= 0.3 is 6.01 Å². The normalized spacial score (nSPS) is 30.6. The largest absolute Gasteiger partial charge is 0.408 e. The summed E-state index contributed by atoms with van der Waals surface area (Å²) in [6.07, 6.45) is 2.45. The summed E-state index contributed by atoms with van der Waals surface area (Å²) in [5, 5.41) is 8.02. The quantitative estimate of drug-likeness (QED) is 0.678. The highest BCUT2D eigenvalue weighted by atomic mass is 16.4. The molecular formula is C10H16N4O. The Morgan fingerprint density at radius 1 is 1.13 bits per heavy atom. The fourth-order valence-electron chi connectivity index (χ4n) is 2.54. The number of piperidine rings is 1. The second-order valence-electron chi connectivity index (χ2n) is 4.37. The molecule has 2 bridgehead atoms. The number of nitrogens with zero attached hydrogens (tertiary/aromatic N) is 4. The van der Waals surface area contributed by atoms with Crippen molar-refractivity contribution in [1.82, 2.24) is 15.1 Å². The lowest BCUT2D eigenvalue weighted by molar-refractivity contribution is 0.249. The molecule has 0 aromatic carbocycles. The molecule has 0 N–H and O–H groups in total. The third-order valence-electron chi connectivity index (χ3n) is 3.42. The van der Waals surface area contributed by atoms with Gasteiger partial charge in [-0.3, -0.25) is 0 Å². The van der Waals surface area contributed by atoms with Crippen molar-refractivity contribution in [2.45, 2.75) is 25.8 Å². The zero-order chi connectivity index (χ0) is 10.3. The van der Waals surface area contributed by atoms with Crippen molar-refractivity contribution in [3.8, 4) is 0 Å². The maximum Gasteiger partial charge on any atom is 0.318 e. The highest BCUT2D eigenvalue weighted by Crippen LogP contribution is 2.25. The van der Waals surface area contributed by atoms with E-state index in [1.165, 1.54) is 25.9 Å². The summed E-state index contributed by atoms with van der Waals surface area (Å²) < 4.78 is 5.51. The van der Waals surface area contributed by atoms with Crippen LogP contribution < -0.4 is 4.90 Å². The predicted molar refractivity (Wildman–Crippen MR) is 55.8 cm³/mol. The zero-order valence-electron chi connectivity index (χ0n) is 9.02. The van der Waals surface area contributed by atoms with E-state index < -0.39 is 0 Å². The zero-order valence-corrected chi connectivity index (χ0v) is 9.02. The molecule has 4 heterocycles. The molecule has 0 saturated carbocycles. The van der Waals surface area contributed by atoms with Crippen LogP contribution in [-0.2, 0) is 0 Å². The fourth-order valence-corrected chi connectivity index (χ4v) is 2.54. The molecule has 1 aromatic heterocycles. The van der Waals surface area contributed by atoms with Crippen LogP contribution in [-0.4, -0.2) is 47.3 Å². The molecule has 15 heavy (non-hydrogen) atoms. The molecule has 5 heteroatoms. The molecule has 0 spiro atoms. The predicted octanol–water partition coefficient (Wildman–Crippen LogP) is 0.662. The van der Waals surface area contributed by atoms with Gasteiger partial charge in [-0.15, -0.1) is 5.10 Å². The molecule has 0 unspecified atom stereocenters. The SMILES string of the molecule is Cc1nnc(N2CCN3CCC2CC3)o1. The van der Waals surface area contributed by atoms with Crippen molar-refractivity contribution in [2.24, 2.45) is 0 Å². The lowest BCUT2D eigenvalue weighted by Gasteiger charge is -2.29. The third-order valence-corrected chi connectivity index (χ3v) is 3.42. The Morgan fingerprint density at radius 3 is 2.60 bits per heavy atom. The van der Waals surface area contributed by atoms with E-state index >= 15 is 0 Å². The summed E-state index contributed by atoms with van der Waals surface area (Å²) in [4.78, 5) is 4.80. The lowest BCUT2D eigenvalue weighted by Crippen LogP contribution is -2.38. The standard InChI is InChI=1S/C10H16N4O/c1-8-11-12-10(15-8)14-7-6-13-4-2-9(14)3-5-13/h9H,2-7H2,1H3. The van der Waals surface area contributed by atoms with Gasteiger partial charge in [0, 0.05) is 39.1 Å². The number of aromatic nitrogens is 2. The molecule has 0 atom stereocenters. The Bertz CT molecular complexity index is 343. The van der Waals surface area contributed by atoms with Gasteiger partial charge in [0.05, 0.1) is 0 Å². The van der Waals surface area contributed by atoms with Gasteiger partial charge in [-0.1, -0.05) is 5.10 Å². The van der Waals surface area contributed by atoms with Crippen LogP contribution in [0.25, 0.3) is 0 Å². The molecule has 0 amide bonds. The van der Waals surface area contributed by atoms with Gasteiger partial charge in [-0.05, 0) is 12.8 Å². The molecule has 3 saturated heterocycles. The Kier molecular flexibility index (Phi) is 2.12. The lowest BCUT2D eigenvalue weighted by atomic mass is 10.1. The fraction of sp³-hybridized carbons (Fsp3) is 0.800. The first kappa shape index (κ1) is 9.15. The van der Waals surface area contributed by atoms with E-state index in [2.05, 4.69) is 20.0 Å². The first-order chi connectivity index (χ1) is 7.33. The Hall–Kier alpha value is -1.10. The summed E-state index contributed by atoms with van der Waals surface area (Å²) in [7, 11) is 0. The van der Waals surface area contributed by atoms with Gasteiger partial charge < -0.3 is 14.2 Å². The van der Waals surface area contributed by atoms with E-state index in [1.54, 1.807) is 0 Å². The summed E-state index contributed by atoms with van der Waals surface area (Å²) >= 11 is 0. The van der Waals surface area contributed by atoms with Crippen LogP contribution in [0.2, 0.25) is 0 Å². The molecule has 0 aliphatic carbocycles. The van der Waals surface area contributed by atoms with E-state index in [0.717, 1.165) is 13.1 Å². The monoisotopic (exact) mass is 208 g/mol. The Balaban J connectivity index is 1.85. The highest BCUT2D eigenvalue weighted by molar-refractivity contribution is 5.28. The van der Waals surface area contributed by atoms with Crippen molar-refractivity contribution in [1.29, 1.82) is 0 Å². The first-order valence-corrected chi connectivity index (χ1v) is 5.62. The van der Waals surface area contributed by atoms with Gasteiger partial charge in [0.15, 0.2) is 0 Å². The number of aryl methyl sites for hydroxylation is 1. The smallest absolute Gasteiger partial charge is 0.318 e. The van der Waals surface area contributed by atoms with E-state index in [-0.39, 0.29) is 0 Å². The summed E-state index contributed by atoms with van der Waals surface area (Å²) in [6, 6.07) is 1.31. The van der Waals surface area contributed by atoms with Crippen molar-refractivity contribution in [3.05, 3.63) is 5.89 Å². The van der Waals surface area contributed by atoms with Gasteiger partial charge in [-0.25, -0.2) is 0 Å². The summed E-state index contributed by atoms with van der Waals surface area (Å²) in [6.45, 7) is 6.42. The highest BCUT2D eigenvalue weighted by Gasteiger charge is 2.31. The number of hydrogen-bond acceptors (Lipinski definition) is 5. The molecule has 3 aliphatic heterocycles. The minimum Gasteiger partial charge on any atom is -0.408 e. The van der Waals surface area contributed by atoms with Crippen LogP contribution in [0.15, 0.2) is 4.42 Å². The minimum atomic E-state index is 0.601. The van der Waals surface area contributed by atoms with Crippen LogP contribution in [0, 0.1) is 6.92 Å². The average Bonchev–Trinajstić information content (AvgIpc) is 2.51.